The van der Waals surface area contributed by atoms with Crippen molar-refractivity contribution >= 4 is 0 Å². The van der Waals surface area contributed by atoms with Crippen molar-refractivity contribution in [1.82, 2.24) is 0 Å². The van der Waals surface area contributed by atoms with Crippen LogP contribution in [0.5, 0.6) is 0 Å². The molecule has 13 heavy (non-hydrogen) atoms. The summed E-state index contributed by atoms with van der Waals surface area (Å²) in [5.74, 6) is 0.860. The Labute approximate surface area is 80.0 Å². The third-order valence-electron chi connectivity index (χ3n) is 3.96. The third kappa shape index (κ3) is 0.919. The van der Waals surface area contributed by atoms with Crippen LogP contribution in [0.3, 0.4) is 0 Å². The summed E-state index contributed by atoms with van der Waals surface area (Å²) in [6.07, 6.45) is 5.64. The minimum absolute atomic E-state index is 0.650. The number of fused-ring (bicyclic) bond motifs is 2. The predicted octanol–water partition coefficient (Wildman–Crippen LogP) is 3.62. The zero-order valence-electron chi connectivity index (χ0n) is 8.22. The van der Waals surface area contributed by atoms with E-state index in [1.165, 1.54) is 25.7 Å². The SMILES string of the molecule is CCC1CC2(CC2)c2ccccc21. The number of hydrogen-bond donors (Lipinski definition) is 0. The van der Waals surface area contributed by atoms with Gasteiger partial charge in [0.2, 0.25) is 0 Å². The maximum absolute atomic E-state index is 2.36. The minimum Gasteiger partial charge on any atom is -0.0648 e. The van der Waals surface area contributed by atoms with E-state index in [9.17, 15) is 0 Å². The van der Waals surface area contributed by atoms with Gasteiger partial charge in [0.1, 0.15) is 0 Å². The molecule has 1 atom stereocenters. The highest BCUT2D eigenvalue weighted by Crippen LogP contribution is 2.61. The fourth-order valence-corrected chi connectivity index (χ4v) is 3.02. The van der Waals surface area contributed by atoms with E-state index in [-0.39, 0.29) is 0 Å². The van der Waals surface area contributed by atoms with E-state index in [0.717, 1.165) is 5.92 Å². The molecule has 0 aliphatic heterocycles. The van der Waals surface area contributed by atoms with Crippen LogP contribution in [0.2, 0.25) is 0 Å². The minimum atomic E-state index is 0.650. The van der Waals surface area contributed by atoms with Crippen molar-refractivity contribution in [3.63, 3.8) is 0 Å². The summed E-state index contributed by atoms with van der Waals surface area (Å²) in [7, 11) is 0. The molecule has 0 bridgehead atoms. The Morgan fingerprint density at radius 2 is 2.08 bits per heavy atom. The van der Waals surface area contributed by atoms with Crippen molar-refractivity contribution in [2.45, 2.75) is 43.9 Å². The van der Waals surface area contributed by atoms with Gasteiger partial charge in [-0.2, -0.15) is 0 Å². The van der Waals surface area contributed by atoms with Gasteiger partial charge in [0.05, 0.1) is 0 Å². The molecule has 0 nitrogen and oxygen atoms in total. The van der Waals surface area contributed by atoms with Crippen LogP contribution in [0.1, 0.15) is 49.7 Å². The molecular formula is C13H16. The highest BCUT2D eigenvalue weighted by Gasteiger charge is 2.51. The number of rotatable bonds is 1. The van der Waals surface area contributed by atoms with Gasteiger partial charge in [-0.15, -0.1) is 0 Å². The molecule has 0 aromatic heterocycles. The first-order valence-electron chi connectivity index (χ1n) is 5.45. The van der Waals surface area contributed by atoms with Crippen molar-refractivity contribution in [3.05, 3.63) is 35.4 Å². The van der Waals surface area contributed by atoms with Gasteiger partial charge in [0, 0.05) is 0 Å². The Bertz CT molecular complexity index is 334. The van der Waals surface area contributed by atoms with E-state index in [0.29, 0.717) is 5.41 Å². The largest absolute Gasteiger partial charge is 0.0648 e. The summed E-state index contributed by atoms with van der Waals surface area (Å²) in [6, 6.07) is 9.11. The van der Waals surface area contributed by atoms with Gasteiger partial charge in [0.25, 0.3) is 0 Å². The zero-order chi connectivity index (χ0) is 8.89. The molecule has 0 heteroatoms. The molecule has 1 unspecified atom stereocenters. The molecule has 3 rings (SSSR count). The molecule has 0 amide bonds. The Morgan fingerprint density at radius 3 is 2.77 bits per heavy atom. The second-order valence-corrected chi connectivity index (χ2v) is 4.68. The van der Waals surface area contributed by atoms with Gasteiger partial charge in [0.15, 0.2) is 0 Å². The van der Waals surface area contributed by atoms with Crippen molar-refractivity contribution in [1.29, 1.82) is 0 Å². The smallest absolute Gasteiger partial charge is 0.00377 e. The van der Waals surface area contributed by atoms with Gasteiger partial charge < -0.3 is 0 Å². The lowest BCUT2D eigenvalue weighted by Crippen LogP contribution is -1.99. The van der Waals surface area contributed by atoms with E-state index in [1.54, 1.807) is 11.1 Å². The van der Waals surface area contributed by atoms with Crippen LogP contribution >= 0.6 is 0 Å². The summed E-state index contributed by atoms with van der Waals surface area (Å²) in [6.45, 7) is 2.32. The molecule has 1 aromatic carbocycles. The lowest BCUT2D eigenvalue weighted by molar-refractivity contribution is 0.568. The van der Waals surface area contributed by atoms with Crippen molar-refractivity contribution in [2.24, 2.45) is 0 Å². The lowest BCUT2D eigenvalue weighted by atomic mass is 9.97. The van der Waals surface area contributed by atoms with Crippen LogP contribution in [0, 0.1) is 0 Å². The van der Waals surface area contributed by atoms with E-state index >= 15 is 0 Å². The molecule has 1 aromatic rings. The molecule has 2 aliphatic carbocycles. The summed E-state index contributed by atoms with van der Waals surface area (Å²) >= 11 is 0. The van der Waals surface area contributed by atoms with E-state index < -0.39 is 0 Å². The van der Waals surface area contributed by atoms with E-state index in [2.05, 4.69) is 31.2 Å². The van der Waals surface area contributed by atoms with Crippen LogP contribution < -0.4 is 0 Å². The highest BCUT2D eigenvalue weighted by molar-refractivity contribution is 5.46. The van der Waals surface area contributed by atoms with E-state index in [4.69, 9.17) is 0 Å². The Morgan fingerprint density at radius 1 is 1.31 bits per heavy atom. The molecule has 1 fully saturated rings. The molecule has 0 radical (unpaired) electrons. The van der Waals surface area contributed by atoms with Crippen LogP contribution in [0.4, 0.5) is 0 Å². The fourth-order valence-electron chi connectivity index (χ4n) is 3.02. The maximum atomic E-state index is 2.36. The summed E-state index contributed by atoms with van der Waals surface area (Å²) < 4.78 is 0. The molecule has 0 saturated heterocycles. The third-order valence-corrected chi connectivity index (χ3v) is 3.96. The highest BCUT2D eigenvalue weighted by atomic mass is 14.5. The van der Waals surface area contributed by atoms with Crippen molar-refractivity contribution in [3.8, 4) is 0 Å². The molecule has 1 spiro atoms. The molecule has 1 saturated carbocycles. The van der Waals surface area contributed by atoms with Crippen LogP contribution in [0.25, 0.3) is 0 Å². The summed E-state index contributed by atoms with van der Waals surface area (Å²) in [5.41, 5.74) is 3.99. The monoisotopic (exact) mass is 172 g/mol. The van der Waals surface area contributed by atoms with E-state index in [1.807, 2.05) is 0 Å². The van der Waals surface area contributed by atoms with Gasteiger partial charge >= 0.3 is 0 Å². The predicted molar refractivity (Wildman–Crippen MR) is 55.0 cm³/mol. The van der Waals surface area contributed by atoms with Gasteiger partial charge in [-0.3, -0.25) is 0 Å². The molecule has 0 heterocycles. The second-order valence-electron chi connectivity index (χ2n) is 4.68. The van der Waals surface area contributed by atoms with Crippen LogP contribution in [0.15, 0.2) is 24.3 Å². The van der Waals surface area contributed by atoms with Crippen molar-refractivity contribution < 1.29 is 0 Å². The lowest BCUT2D eigenvalue weighted by Gasteiger charge is -2.06. The fraction of sp³-hybridized carbons (Fsp3) is 0.538. The average molecular weight is 172 g/mol. The Balaban J connectivity index is 2.13. The first kappa shape index (κ1) is 7.61. The molecule has 0 N–H and O–H groups in total. The average Bonchev–Trinajstić information content (AvgIpc) is 2.87. The Hall–Kier alpha value is -0.780. The molecule has 68 valence electrons. The summed E-state index contributed by atoms with van der Waals surface area (Å²) in [5, 5.41) is 0. The number of hydrogen-bond acceptors (Lipinski definition) is 0. The summed E-state index contributed by atoms with van der Waals surface area (Å²) in [4.78, 5) is 0. The zero-order valence-corrected chi connectivity index (χ0v) is 8.22. The first-order chi connectivity index (χ1) is 6.36. The van der Waals surface area contributed by atoms with Crippen LogP contribution in [-0.4, -0.2) is 0 Å². The van der Waals surface area contributed by atoms with Gasteiger partial charge in [-0.25, -0.2) is 0 Å². The first-order valence-corrected chi connectivity index (χ1v) is 5.45. The van der Waals surface area contributed by atoms with Gasteiger partial charge in [-0.05, 0) is 48.1 Å². The Kier molecular flexibility index (Phi) is 1.39. The number of benzene rings is 1. The normalized spacial score (nSPS) is 27.6. The topological polar surface area (TPSA) is 0 Å². The molecular weight excluding hydrogens is 156 g/mol. The van der Waals surface area contributed by atoms with Crippen molar-refractivity contribution in [2.75, 3.05) is 0 Å². The standard InChI is InChI=1S/C13H16/c1-2-10-9-13(7-8-13)12-6-4-3-5-11(10)12/h3-6,10H,2,7-9H2,1H3. The van der Waals surface area contributed by atoms with Gasteiger partial charge in [-0.1, -0.05) is 31.2 Å². The quantitative estimate of drug-likeness (QED) is 0.607. The molecule has 2 aliphatic rings. The maximum Gasteiger partial charge on any atom is -0.00377 e. The van der Waals surface area contributed by atoms with Crippen LogP contribution in [-0.2, 0) is 5.41 Å². The second kappa shape index (κ2) is 2.37.